The third-order valence-corrected chi connectivity index (χ3v) is 4.42. The number of rotatable bonds is 7. The van der Waals surface area contributed by atoms with Gasteiger partial charge in [0.15, 0.2) is 5.69 Å². The van der Waals surface area contributed by atoms with Gasteiger partial charge in [0.2, 0.25) is 0 Å². The molecule has 0 aliphatic carbocycles. The number of carbonyl (C=O) groups is 1. The van der Waals surface area contributed by atoms with Crippen molar-refractivity contribution in [2.45, 2.75) is 26.3 Å². The number of hydrogen-bond donors (Lipinski definition) is 1. The van der Waals surface area contributed by atoms with Crippen LogP contribution in [0.4, 0.5) is 5.69 Å². The summed E-state index contributed by atoms with van der Waals surface area (Å²) in [7, 11) is 3.08. The van der Waals surface area contributed by atoms with Gasteiger partial charge in [0.05, 0.1) is 19.6 Å². The van der Waals surface area contributed by atoms with E-state index in [0.717, 1.165) is 12.8 Å². The Bertz CT molecular complexity index is 1040. The number of aryl methyl sites for hydroxylation is 1. The number of ether oxygens (including phenoxy) is 2. The van der Waals surface area contributed by atoms with E-state index < -0.39 is 5.91 Å². The van der Waals surface area contributed by atoms with Gasteiger partial charge in [-0.3, -0.25) is 9.59 Å². The molecule has 0 bridgehead atoms. The average Bonchev–Trinajstić information content (AvgIpc) is 2.73. The molecule has 3 rings (SSSR count). The minimum atomic E-state index is -0.406. The van der Waals surface area contributed by atoms with E-state index in [4.69, 9.17) is 9.47 Å². The van der Waals surface area contributed by atoms with E-state index in [0.29, 0.717) is 34.5 Å². The summed E-state index contributed by atoms with van der Waals surface area (Å²) >= 11 is 0. The van der Waals surface area contributed by atoms with Crippen molar-refractivity contribution < 1.29 is 14.3 Å². The molecule has 7 nitrogen and oxygen atoms in total. The fraction of sp³-hybridized carbons (Fsp3) is 0.286. The molecule has 3 aromatic rings. The number of benzene rings is 2. The highest BCUT2D eigenvalue weighted by Gasteiger charge is 2.17. The second kappa shape index (κ2) is 8.56. The summed E-state index contributed by atoms with van der Waals surface area (Å²) in [6.07, 6.45) is 1.73. The lowest BCUT2D eigenvalue weighted by Gasteiger charge is -2.12. The Morgan fingerprint density at radius 2 is 1.71 bits per heavy atom. The van der Waals surface area contributed by atoms with Crippen LogP contribution in [0.1, 0.15) is 30.3 Å². The fourth-order valence-electron chi connectivity index (χ4n) is 2.93. The SMILES string of the molecule is CCCCn1nc(C(=O)Nc2cc(OC)cc(OC)c2)c2ccccc2c1=O. The van der Waals surface area contributed by atoms with Crippen molar-refractivity contribution in [2.24, 2.45) is 0 Å². The zero-order valence-corrected chi connectivity index (χ0v) is 16.2. The van der Waals surface area contributed by atoms with Crippen LogP contribution in [0.15, 0.2) is 47.3 Å². The van der Waals surface area contributed by atoms with Gasteiger partial charge >= 0.3 is 0 Å². The third kappa shape index (κ3) is 3.98. The molecule has 0 atom stereocenters. The molecule has 0 saturated carbocycles. The monoisotopic (exact) mass is 381 g/mol. The highest BCUT2D eigenvalue weighted by molar-refractivity contribution is 6.11. The van der Waals surface area contributed by atoms with Gasteiger partial charge in [-0.05, 0) is 12.5 Å². The van der Waals surface area contributed by atoms with Crippen molar-refractivity contribution >= 4 is 22.4 Å². The first-order valence-electron chi connectivity index (χ1n) is 9.11. The van der Waals surface area contributed by atoms with Crippen molar-refractivity contribution in [2.75, 3.05) is 19.5 Å². The number of nitrogens with zero attached hydrogens (tertiary/aromatic N) is 2. The molecule has 1 N–H and O–H groups in total. The Morgan fingerprint density at radius 1 is 1.07 bits per heavy atom. The molecule has 2 aromatic carbocycles. The average molecular weight is 381 g/mol. The summed E-state index contributed by atoms with van der Waals surface area (Å²) < 4.78 is 11.9. The van der Waals surface area contributed by atoms with Gasteiger partial charge in [-0.15, -0.1) is 0 Å². The molecule has 0 aliphatic heterocycles. The number of hydrogen-bond acceptors (Lipinski definition) is 5. The number of carbonyl (C=O) groups excluding carboxylic acids is 1. The molecular formula is C21H23N3O4. The third-order valence-electron chi connectivity index (χ3n) is 4.42. The maximum atomic E-state index is 13.0. The first kappa shape index (κ1) is 19.4. The van der Waals surface area contributed by atoms with Crippen LogP contribution in [-0.2, 0) is 6.54 Å². The number of unbranched alkanes of at least 4 members (excludes halogenated alkanes) is 1. The molecule has 0 unspecified atom stereocenters. The number of amides is 1. The molecule has 0 saturated heterocycles. The van der Waals surface area contributed by atoms with Crippen LogP contribution < -0.4 is 20.3 Å². The summed E-state index contributed by atoms with van der Waals surface area (Å²) in [5.41, 5.74) is 0.523. The number of aromatic nitrogens is 2. The molecule has 0 aliphatic rings. The predicted octanol–water partition coefficient (Wildman–Crippen LogP) is 3.47. The standard InChI is InChI=1S/C21H23N3O4/c1-4-5-10-24-21(26)18-9-7-6-8-17(18)19(23-24)20(25)22-14-11-15(27-2)13-16(12-14)28-3/h6-9,11-13H,4-5,10H2,1-3H3,(H,22,25). The van der Waals surface area contributed by atoms with Gasteiger partial charge < -0.3 is 14.8 Å². The fourth-order valence-corrected chi connectivity index (χ4v) is 2.93. The summed E-state index contributed by atoms with van der Waals surface area (Å²) in [6, 6.07) is 12.1. The molecule has 146 valence electrons. The van der Waals surface area contributed by atoms with Gasteiger partial charge in [0, 0.05) is 35.8 Å². The van der Waals surface area contributed by atoms with Crippen molar-refractivity contribution in [1.29, 1.82) is 0 Å². The Hall–Kier alpha value is -3.35. The van der Waals surface area contributed by atoms with Crippen LogP contribution in [0.2, 0.25) is 0 Å². The van der Waals surface area contributed by atoms with Gasteiger partial charge in [0.1, 0.15) is 11.5 Å². The van der Waals surface area contributed by atoms with E-state index in [1.54, 1.807) is 56.7 Å². The number of nitrogens with one attached hydrogen (secondary N) is 1. The van der Waals surface area contributed by atoms with Gasteiger partial charge in [0.25, 0.3) is 11.5 Å². The second-order valence-electron chi connectivity index (χ2n) is 6.33. The lowest BCUT2D eigenvalue weighted by atomic mass is 10.1. The second-order valence-corrected chi connectivity index (χ2v) is 6.33. The Balaban J connectivity index is 2.04. The minimum Gasteiger partial charge on any atom is -0.497 e. The molecule has 28 heavy (non-hydrogen) atoms. The van der Waals surface area contributed by atoms with Crippen LogP contribution >= 0.6 is 0 Å². The molecule has 0 spiro atoms. The van der Waals surface area contributed by atoms with Crippen LogP contribution in [0.25, 0.3) is 10.8 Å². The molecular weight excluding hydrogens is 358 g/mol. The Kier molecular flexibility index (Phi) is 5.93. The number of fused-ring (bicyclic) bond motifs is 1. The lowest BCUT2D eigenvalue weighted by molar-refractivity contribution is 0.102. The smallest absolute Gasteiger partial charge is 0.276 e. The summed E-state index contributed by atoms with van der Waals surface area (Å²) in [6.45, 7) is 2.50. The molecule has 0 fully saturated rings. The van der Waals surface area contributed by atoms with Crippen molar-refractivity contribution in [3.05, 3.63) is 58.5 Å². The van der Waals surface area contributed by atoms with E-state index in [2.05, 4.69) is 10.4 Å². The minimum absolute atomic E-state index is 0.191. The van der Waals surface area contributed by atoms with Crippen LogP contribution in [0.3, 0.4) is 0 Å². The van der Waals surface area contributed by atoms with E-state index in [1.165, 1.54) is 4.68 Å². The zero-order valence-electron chi connectivity index (χ0n) is 16.2. The molecule has 1 amide bonds. The zero-order chi connectivity index (χ0) is 20.1. The van der Waals surface area contributed by atoms with Crippen molar-refractivity contribution in [3.63, 3.8) is 0 Å². The summed E-state index contributed by atoms with van der Waals surface area (Å²) in [4.78, 5) is 25.7. The number of anilines is 1. The lowest BCUT2D eigenvalue weighted by Crippen LogP contribution is -2.27. The van der Waals surface area contributed by atoms with E-state index in [-0.39, 0.29) is 11.3 Å². The first-order chi connectivity index (χ1) is 13.6. The van der Waals surface area contributed by atoms with Crippen LogP contribution in [0.5, 0.6) is 11.5 Å². The van der Waals surface area contributed by atoms with E-state index >= 15 is 0 Å². The highest BCUT2D eigenvalue weighted by Crippen LogP contribution is 2.26. The van der Waals surface area contributed by atoms with Crippen molar-refractivity contribution in [3.8, 4) is 11.5 Å². The maximum absolute atomic E-state index is 13.0. The maximum Gasteiger partial charge on any atom is 0.276 e. The summed E-state index contributed by atoms with van der Waals surface area (Å²) in [5.74, 6) is 0.706. The molecule has 7 heteroatoms. The van der Waals surface area contributed by atoms with Gasteiger partial charge in [-0.25, -0.2) is 4.68 Å². The highest BCUT2D eigenvalue weighted by atomic mass is 16.5. The number of methoxy groups -OCH3 is 2. The summed E-state index contributed by atoms with van der Waals surface area (Å²) in [5, 5.41) is 8.17. The largest absolute Gasteiger partial charge is 0.497 e. The van der Waals surface area contributed by atoms with Crippen molar-refractivity contribution in [1.82, 2.24) is 9.78 Å². The first-order valence-corrected chi connectivity index (χ1v) is 9.11. The molecule has 0 radical (unpaired) electrons. The van der Waals surface area contributed by atoms with Gasteiger partial charge in [-0.1, -0.05) is 31.5 Å². The quantitative estimate of drug-likeness (QED) is 0.678. The molecule has 1 aromatic heterocycles. The van der Waals surface area contributed by atoms with E-state index in [9.17, 15) is 9.59 Å². The molecule has 1 heterocycles. The Morgan fingerprint density at radius 3 is 2.32 bits per heavy atom. The van der Waals surface area contributed by atoms with E-state index in [1.807, 2.05) is 6.92 Å². The normalized spacial score (nSPS) is 10.7. The Labute approximate surface area is 162 Å². The predicted molar refractivity (Wildman–Crippen MR) is 108 cm³/mol. The van der Waals surface area contributed by atoms with Crippen LogP contribution in [0, 0.1) is 0 Å². The topological polar surface area (TPSA) is 82.5 Å². The van der Waals surface area contributed by atoms with Crippen LogP contribution in [-0.4, -0.2) is 29.9 Å². The van der Waals surface area contributed by atoms with Gasteiger partial charge in [-0.2, -0.15) is 5.10 Å².